The van der Waals surface area contributed by atoms with Gasteiger partial charge < -0.3 is 19.1 Å². The number of fused-ring (bicyclic) bond motifs is 1. The Balaban J connectivity index is 1.79. The minimum absolute atomic E-state index is 0.0392. The summed E-state index contributed by atoms with van der Waals surface area (Å²) in [5, 5.41) is 11.4. The van der Waals surface area contributed by atoms with Crippen molar-refractivity contribution in [2.75, 3.05) is 26.9 Å². The van der Waals surface area contributed by atoms with Crippen LogP contribution in [-0.4, -0.2) is 42.6 Å². The predicted molar refractivity (Wildman–Crippen MR) is 102 cm³/mol. The van der Waals surface area contributed by atoms with Gasteiger partial charge in [0.05, 0.1) is 11.0 Å². The van der Waals surface area contributed by atoms with Crippen molar-refractivity contribution in [3.63, 3.8) is 0 Å². The summed E-state index contributed by atoms with van der Waals surface area (Å²) in [4.78, 5) is 25.1. The van der Waals surface area contributed by atoms with Crippen molar-refractivity contribution in [3.05, 3.63) is 70.3 Å². The van der Waals surface area contributed by atoms with Crippen molar-refractivity contribution >= 4 is 11.6 Å². The number of carbonyl (C=O) groups is 1. The molecule has 0 saturated heterocycles. The van der Waals surface area contributed by atoms with Gasteiger partial charge in [0, 0.05) is 19.7 Å². The summed E-state index contributed by atoms with van der Waals surface area (Å²) in [6, 6.07) is 9.87. The number of hydrogen-bond acceptors (Lipinski definition) is 6. The molecule has 2 aromatic carbocycles. The van der Waals surface area contributed by atoms with E-state index in [4.69, 9.17) is 14.2 Å². The number of rotatable bonds is 7. The van der Waals surface area contributed by atoms with E-state index < -0.39 is 10.8 Å². The van der Waals surface area contributed by atoms with Crippen LogP contribution in [0.2, 0.25) is 0 Å². The molecule has 8 heteroatoms. The lowest BCUT2D eigenvalue weighted by Gasteiger charge is -2.21. The van der Waals surface area contributed by atoms with Gasteiger partial charge in [-0.2, -0.15) is 0 Å². The Hall–Kier alpha value is -3.55. The van der Waals surface area contributed by atoms with Crippen LogP contribution in [0.1, 0.15) is 15.9 Å². The molecule has 8 nitrogen and oxygen atoms in total. The fraction of sp³-hybridized carbons (Fsp3) is 0.250. The van der Waals surface area contributed by atoms with Gasteiger partial charge in [-0.25, -0.2) is 0 Å². The first-order valence-electron chi connectivity index (χ1n) is 8.65. The summed E-state index contributed by atoms with van der Waals surface area (Å²) < 4.78 is 16.3. The maximum atomic E-state index is 12.9. The normalized spacial score (nSPS) is 12.2. The van der Waals surface area contributed by atoms with Crippen LogP contribution in [0.25, 0.3) is 0 Å². The summed E-state index contributed by atoms with van der Waals surface area (Å²) in [6.45, 7) is 4.92. The van der Waals surface area contributed by atoms with Crippen molar-refractivity contribution in [1.29, 1.82) is 0 Å². The Morgan fingerprint density at radius 3 is 2.50 bits per heavy atom. The van der Waals surface area contributed by atoms with Crippen LogP contribution in [-0.2, 0) is 6.54 Å². The molecular weight excluding hydrogens is 364 g/mol. The molecule has 0 fully saturated rings. The lowest BCUT2D eigenvalue weighted by molar-refractivity contribution is -0.385. The van der Waals surface area contributed by atoms with Crippen LogP contribution >= 0.6 is 0 Å². The molecule has 146 valence electrons. The third-order valence-electron chi connectivity index (χ3n) is 4.15. The van der Waals surface area contributed by atoms with Gasteiger partial charge >= 0.3 is 0 Å². The van der Waals surface area contributed by atoms with Gasteiger partial charge in [0.15, 0.2) is 11.5 Å². The van der Waals surface area contributed by atoms with E-state index in [0.717, 1.165) is 5.56 Å². The smallest absolute Gasteiger partial charge is 0.286 e. The lowest BCUT2D eigenvalue weighted by atomic mass is 10.1. The van der Waals surface area contributed by atoms with Crippen molar-refractivity contribution in [3.8, 4) is 17.2 Å². The number of benzene rings is 2. The zero-order valence-electron chi connectivity index (χ0n) is 15.4. The van der Waals surface area contributed by atoms with Gasteiger partial charge in [0.1, 0.15) is 31.1 Å². The molecule has 28 heavy (non-hydrogen) atoms. The number of ether oxygens (including phenoxy) is 3. The highest BCUT2D eigenvalue weighted by Gasteiger charge is 2.28. The number of hydrogen-bond donors (Lipinski definition) is 0. The first-order valence-corrected chi connectivity index (χ1v) is 8.65. The molecule has 0 atom stereocenters. The van der Waals surface area contributed by atoms with E-state index in [9.17, 15) is 14.9 Å². The molecule has 0 aromatic heterocycles. The molecule has 1 amide bonds. The first-order chi connectivity index (χ1) is 13.5. The fourth-order valence-electron chi connectivity index (χ4n) is 2.80. The van der Waals surface area contributed by atoms with Crippen LogP contribution in [0.3, 0.4) is 0 Å². The number of nitrogens with zero attached hydrogens (tertiary/aromatic N) is 2. The number of nitro benzene ring substituents is 1. The van der Waals surface area contributed by atoms with Crippen LogP contribution < -0.4 is 14.2 Å². The number of nitro groups is 1. The van der Waals surface area contributed by atoms with Crippen LogP contribution in [0.15, 0.2) is 49.1 Å². The van der Waals surface area contributed by atoms with Gasteiger partial charge in [0.2, 0.25) is 0 Å². The average Bonchev–Trinajstić information content (AvgIpc) is 2.71. The Kier molecular flexibility index (Phi) is 5.78. The quantitative estimate of drug-likeness (QED) is 0.414. The molecule has 2 aromatic rings. The second kappa shape index (κ2) is 8.43. The molecular formula is C20H20N2O6. The Morgan fingerprint density at radius 2 is 1.89 bits per heavy atom. The molecule has 0 saturated carbocycles. The molecule has 0 unspecified atom stereocenters. The SMILES string of the molecule is C=CCOc1ccc(CN(C)C(=O)c2cc3c(cc2[N+](=O)[O-])OCCO3)cc1. The Bertz CT molecular complexity index is 894. The second-order valence-electron chi connectivity index (χ2n) is 6.17. The van der Waals surface area contributed by atoms with Crippen molar-refractivity contribution in [2.45, 2.75) is 6.54 Å². The lowest BCUT2D eigenvalue weighted by Crippen LogP contribution is -2.27. The summed E-state index contributed by atoms with van der Waals surface area (Å²) in [5.41, 5.74) is 0.513. The zero-order valence-corrected chi connectivity index (χ0v) is 15.4. The highest BCUT2D eigenvalue weighted by atomic mass is 16.6. The maximum absolute atomic E-state index is 12.9. The summed E-state index contributed by atoms with van der Waals surface area (Å²) in [6.07, 6.45) is 1.65. The fourth-order valence-corrected chi connectivity index (χ4v) is 2.80. The summed E-state index contributed by atoms with van der Waals surface area (Å²) in [7, 11) is 1.59. The standard InChI is InChI=1S/C20H20N2O6/c1-3-8-26-15-6-4-14(5-7-15)13-21(2)20(23)16-11-18-19(28-10-9-27-18)12-17(16)22(24)25/h3-7,11-12H,1,8-10,13H2,2H3. The highest BCUT2D eigenvalue weighted by Crippen LogP contribution is 2.37. The molecule has 1 aliphatic heterocycles. The largest absolute Gasteiger partial charge is 0.490 e. The molecule has 1 aliphatic rings. The number of carbonyl (C=O) groups excluding carboxylic acids is 1. The third-order valence-corrected chi connectivity index (χ3v) is 4.15. The van der Waals surface area contributed by atoms with E-state index in [-0.39, 0.29) is 23.5 Å². The minimum atomic E-state index is -0.592. The average molecular weight is 384 g/mol. The van der Waals surface area contributed by atoms with E-state index in [1.165, 1.54) is 17.0 Å². The van der Waals surface area contributed by atoms with E-state index in [0.29, 0.717) is 31.3 Å². The van der Waals surface area contributed by atoms with Crippen LogP contribution in [0.5, 0.6) is 17.2 Å². The number of amides is 1. The molecule has 1 heterocycles. The van der Waals surface area contributed by atoms with Crippen LogP contribution in [0, 0.1) is 10.1 Å². The molecule has 3 rings (SSSR count). The van der Waals surface area contributed by atoms with Gasteiger partial charge in [-0.05, 0) is 17.7 Å². The molecule has 0 aliphatic carbocycles. The zero-order chi connectivity index (χ0) is 20.1. The second-order valence-corrected chi connectivity index (χ2v) is 6.17. The minimum Gasteiger partial charge on any atom is -0.490 e. The highest BCUT2D eigenvalue weighted by molar-refractivity contribution is 5.99. The molecule has 0 bridgehead atoms. The van der Waals surface area contributed by atoms with E-state index >= 15 is 0 Å². The Morgan fingerprint density at radius 1 is 1.25 bits per heavy atom. The van der Waals surface area contributed by atoms with Crippen molar-refractivity contribution < 1.29 is 23.9 Å². The summed E-state index contributed by atoms with van der Waals surface area (Å²) in [5.74, 6) is 0.820. The monoisotopic (exact) mass is 384 g/mol. The predicted octanol–water partition coefficient (Wildman–Crippen LogP) is 3.20. The first kappa shape index (κ1) is 19.2. The maximum Gasteiger partial charge on any atom is 0.286 e. The van der Waals surface area contributed by atoms with E-state index in [1.54, 1.807) is 25.3 Å². The van der Waals surface area contributed by atoms with Crippen molar-refractivity contribution in [1.82, 2.24) is 4.90 Å². The molecule has 0 radical (unpaired) electrons. The van der Waals surface area contributed by atoms with E-state index in [1.807, 2.05) is 12.1 Å². The third kappa shape index (κ3) is 4.22. The van der Waals surface area contributed by atoms with Gasteiger partial charge in [0.25, 0.3) is 11.6 Å². The van der Waals surface area contributed by atoms with Gasteiger partial charge in [-0.1, -0.05) is 24.8 Å². The topological polar surface area (TPSA) is 91.1 Å². The summed E-state index contributed by atoms with van der Waals surface area (Å²) >= 11 is 0. The van der Waals surface area contributed by atoms with Gasteiger partial charge in [-0.3, -0.25) is 14.9 Å². The molecule has 0 N–H and O–H groups in total. The molecule has 0 spiro atoms. The van der Waals surface area contributed by atoms with E-state index in [2.05, 4.69) is 6.58 Å². The van der Waals surface area contributed by atoms with Gasteiger partial charge in [-0.15, -0.1) is 0 Å². The van der Waals surface area contributed by atoms with Crippen LogP contribution in [0.4, 0.5) is 5.69 Å². The van der Waals surface area contributed by atoms with Crippen molar-refractivity contribution in [2.24, 2.45) is 0 Å². The Labute approximate surface area is 162 Å².